The highest BCUT2D eigenvalue weighted by atomic mass is 16.3. The third-order valence-corrected chi connectivity index (χ3v) is 3.79. The molecule has 4 nitrogen and oxygen atoms in total. The van der Waals surface area contributed by atoms with Crippen LogP contribution in [0.1, 0.15) is 32.6 Å². The highest BCUT2D eigenvalue weighted by Crippen LogP contribution is 2.37. The summed E-state index contributed by atoms with van der Waals surface area (Å²) in [5.41, 5.74) is 2.13. The molecule has 0 atom stereocenters. The molecule has 2 rings (SSSR count). The number of pyridine rings is 1. The fraction of sp³-hybridized carbons (Fsp3) is 0.643. The van der Waals surface area contributed by atoms with Crippen molar-refractivity contribution < 1.29 is 5.11 Å². The highest BCUT2D eigenvalue weighted by Gasteiger charge is 2.32. The molecule has 18 heavy (non-hydrogen) atoms. The molecule has 0 spiro atoms. The van der Waals surface area contributed by atoms with Crippen LogP contribution in [0.3, 0.4) is 0 Å². The van der Waals surface area contributed by atoms with Crippen LogP contribution in [0.4, 0.5) is 11.4 Å². The van der Waals surface area contributed by atoms with E-state index >= 15 is 0 Å². The van der Waals surface area contributed by atoms with Crippen LogP contribution in [0.5, 0.6) is 0 Å². The van der Waals surface area contributed by atoms with E-state index in [0.717, 1.165) is 37.3 Å². The van der Waals surface area contributed by atoms with E-state index in [1.54, 1.807) is 0 Å². The van der Waals surface area contributed by atoms with Crippen molar-refractivity contribution in [3.63, 3.8) is 0 Å². The average Bonchev–Trinajstić information content (AvgIpc) is 2.87. The first kappa shape index (κ1) is 13.1. The summed E-state index contributed by atoms with van der Waals surface area (Å²) in [7, 11) is 0. The van der Waals surface area contributed by atoms with Gasteiger partial charge in [0.15, 0.2) is 0 Å². The Labute approximate surface area is 109 Å². The van der Waals surface area contributed by atoms with Crippen molar-refractivity contribution >= 4 is 11.4 Å². The van der Waals surface area contributed by atoms with Gasteiger partial charge in [0.2, 0.25) is 0 Å². The number of aliphatic hydroxyl groups is 1. The molecule has 100 valence electrons. The Morgan fingerprint density at radius 3 is 2.50 bits per heavy atom. The van der Waals surface area contributed by atoms with E-state index in [4.69, 9.17) is 0 Å². The van der Waals surface area contributed by atoms with Crippen molar-refractivity contribution in [2.24, 2.45) is 5.41 Å². The van der Waals surface area contributed by atoms with Gasteiger partial charge in [0.1, 0.15) is 0 Å². The van der Waals surface area contributed by atoms with Crippen molar-refractivity contribution in [1.29, 1.82) is 0 Å². The van der Waals surface area contributed by atoms with Gasteiger partial charge in [-0.05, 0) is 25.8 Å². The van der Waals surface area contributed by atoms with Crippen molar-refractivity contribution in [3.05, 3.63) is 18.5 Å². The number of anilines is 2. The molecule has 0 aliphatic heterocycles. The van der Waals surface area contributed by atoms with Crippen molar-refractivity contribution in [3.8, 4) is 0 Å². The van der Waals surface area contributed by atoms with E-state index in [1.165, 1.54) is 12.8 Å². The van der Waals surface area contributed by atoms with Gasteiger partial charge < -0.3 is 15.7 Å². The summed E-state index contributed by atoms with van der Waals surface area (Å²) in [5, 5.41) is 16.2. The zero-order valence-electron chi connectivity index (χ0n) is 11.1. The number of hydrogen-bond acceptors (Lipinski definition) is 4. The zero-order chi connectivity index (χ0) is 12.8. The molecule has 0 radical (unpaired) electrons. The minimum atomic E-state index is 0.0776. The van der Waals surface area contributed by atoms with Crippen LogP contribution < -0.4 is 10.6 Å². The lowest BCUT2D eigenvalue weighted by Crippen LogP contribution is -2.30. The molecule has 3 N–H and O–H groups in total. The van der Waals surface area contributed by atoms with E-state index in [2.05, 4.69) is 28.6 Å². The van der Waals surface area contributed by atoms with E-state index in [0.29, 0.717) is 0 Å². The van der Waals surface area contributed by atoms with Gasteiger partial charge in [-0.2, -0.15) is 0 Å². The van der Waals surface area contributed by atoms with Crippen molar-refractivity contribution in [2.45, 2.75) is 32.6 Å². The number of aromatic nitrogens is 1. The molecule has 0 bridgehead atoms. The molecule has 1 aromatic heterocycles. The molecule has 1 aromatic rings. The lowest BCUT2D eigenvalue weighted by atomic mass is 9.87. The van der Waals surface area contributed by atoms with E-state index in [9.17, 15) is 5.11 Å². The smallest absolute Gasteiger partial charge is 0.0547 e. The van der Waals surface area contributed by atoms with Gasteiger partial charge in [0, 0.05) is 18.5 Å². The summed E-state index contributed by atoms with van der Waals surface area (Å²) in [6.45, 7) is 4.08. The van der Waals surface area contributed by atoms with Crippen LogP contribution >= 0.6 is 0 Å². The molecule has 1 aliphatic rings. The van der Waals surface area contributed by atoms with Crippen LogP contribution in [0.2, 0.25) is 0 Å². The second kappa shape index (κ2) is 6.05. The minimum absolute atomic E-state index is 0.0776. The Bertz CT molecular complexity index is 375. The Morgan fingerprint density at radius 1 is 1.22 bits per heavy atom. The highest BCUT2D eigenvalue weighted by molar-refractivity contribution is 5.53. The maximum atomic E-state index is 9.57. The van der Waals surface area contributed by atoms with Crippen molar-refractivity contribution in [1.82, 2.24) is 4.98 Å². The second-order valence-corrected chi connectivity index (χ2v) is 5.21. The summed E-state index contributed by atoms with van der Waals surface area (Å²) in [4.78, 5) is 4.21. The molecule has 0 aromatic carbocycles. The molecule has 4 heteroatoms. The molecular formula is C14H23N3O. The lowest BCUT2D eigenvalue weighted by Gasteiger charge is -2.27. The Morgan fingerprint density at radius 2 is 1.89 bits per heavy atom. The third kappa shape index (κ3) is 3.13. The quantitative estimate of drug-likeness (QED) is 0.725. The molecule has 1 saturated carbocycles. The number of hydrogen-bond donors (Lipinski definition) is 3. The largest absolute Gasteiger partial charge is 0.396 e. The SMILES string of the molecule is CCNc1cncc(NCC2(CO)CCCC2)c1. The number of nitrogens with one attached hydrogen (secondary N) is 2. The summed E-state index contributed by atoms with van der Waals surface area (Å²) < 4.78 is 0. The van der Waals surface area contributed by atoms with Gasteiger partial charge in [-0.3, -0.25) is 4.98 Å². The van der Waals surface area contributed by atoms with Gasteiger partial charge in [0.25, 0.3) is 0 Å². The molecule has 0 unspecified atom stereocenters. The lowest BCUT2D eigenvalue weighted by molar-refractivity contribution is 0.142. The Hall–Kier alpha value is -1.29. The average molecular weight is 249 g/mol. The van der Waals surface area contributed by atoms with Gasteiger partial charge in [0.05, 0.1) is 30.4 Å². The van der Waals surface area contributed by atoms with E-state index in [1.807, 2.05) is 12.4 Å². The number of nitrogens with zero attached hydrogens (tertiary/aromatic N) is 1. The normalized spacial score (nSPS) is 17.7. The fourth-order valence-corrected chi connectivity index (χ4v) is 2.64. The van der Waals surface area contributed by atoms with Crippen molar-refractivity contribution in [2.75, 3.05) is 30.3 Å². The van der Waals surface area contributed by atoms with Gasteiger partial charge in [-0.15, -0.1) is 0 Å². The second-order valence-electron chi connectivity index (χ2n) is 5.21. The first-order valence-corrected chi connectivity index (χ1v) is 6.82. The van der Waals surface area contributed by atoms with Crippen LogP contribution in [0.25, 0.3) is 0 Å². The number of aliphatic hydroxyl groups excluding tert-OH is 1. The standard InChI is InChI=1S/C14H23N3O/c1-2-16-12-7-13(9-15-8-12)17-10-14(11-18)5-3-4-6-14/h7-9,16-18H,2-6,10-11H2,1H3. The van der Waals surface area contributed by atoms with E-state index < -0.39 is 0 Å². The summed E-state index contributed by atoms with van der Waals surface area (Å²) >= 11 is 0. The topological polar surface area (TPSA) is 57.2 Å². The molecule has 0 amide bonds. The van der Waals surface area contributed by atoms with Crippen LogP contribution in [-0.2, 0) is 0 Å². The minimum Gasteiger partial charge on any atom is -0.396 e. The summed E-state index contributed by atoms with van der Waals surface area (Å²) in [6.07, 6.45) is 8.37. The maximum Gasteiger partial charge on any atom is 0.0547 e. The Kier molecular flexibility index (Phi) is 4.42. The maximum absolute atomic E-state index is 9.57. The number of rotatable bonds is 6. The van der Waals surface area contributed by atoms with Gasteiger partial charge >= 0.3 is 0 Å². The summed E-state index contributed by atoms with van der Waals surface area (Å²) in [6, 6.07) is 2.07. The first-order chi connectivity index (χ1) is 8.78. The molecule has 1 fully saturated rings. The van der Waals surface area contributed by atoms with Gasteiger partial charge in [-0.25, -0.2) is 0 Å². The predicted octanol–water partition coefficient (Wildman–Crippen LogP) is 2.48. The molecule has 1 aliphatic carbocycles. The Balaban J connectivity index is 1.94. The summed E-state index contributed by atoms with van der Waals surface area (Å²) in [5.74, 6) is 0. The van der Waals surface area contributed by atoms with Gasteiger partial charge in [-0.1, -0.05) is 12.8 Å². The first-order valence-electron chi connectivity index (χ1n) is 6.82. The van der Waals surface area contributed by atoms with Crippen LogP contribution in [-0.4, -0.2) is 29.8 Å². The molecule has 1 heterocycles. The van der Waals surface area contributed by atoms with Crippen LogP contribution in [0, 0.1) is 5.41 Å². The zero-order valence-corrected chi connectivity index (χ0v) is 11.1. The van der Waals surface area contributed by atoms with Crippen LogP contribution in [0.15, 0.2) is 18.5 Å². The third-order valence-electron chi connectivity index (χ3n) is 3.79. The van der Waals surface area contributed by atoms with E-state index in [-0.39, 0.29) is 12.0 Å². The fourth-order valence-electron chi connectivity index (χ4n) is 2.64. The molecule has 0 saturated heterocycles. The monoisotopic (exact) mass is 249 g/mol. The predicted molar refractivity (Wildman–Crippen MR) is 74.9 cm³/mol. The molecular weight excluding hydrogens is 226 g/mol.